The molecule has 7 rings (SSSR count). The van der Waals surface area contributed by atoms with Crippen molar-refractivity contribution < 1.29 is 27.9 Å². The van der Waals surface area contributed by atoms with Gasteiger partial charge in [-0.2, -0.15) is 0 Å². The molecule has 1 heterocycles. The lowest BCUT2D eigenvalue weighted by molar-refractivity contribution is -0.225. The van der Waals surface area contributed by atoms with E-state index in [1.807, 2.05) is 12.1 Å². The summed E-state index contributed by atoms with van der Waals surface area (Å²) in [5.74, 6) is 2.27. The molecule has 8 nitrogen and oxygen atoms in total. The lowest BCUT2D eigenvalue weighted by Gasteiger charge is -2.72. The Morgan fingerprint density at radius 1 is 0.926 bits per heavy atom. The van der Waals surface area contributed by atoms with Gasteiger partial charge in [0, 0.05) is 26.2 Å². The number of rotatable bonds is 9. The summed E-state index contributed by atoms with van der Waals surface area (Å²) in [6.07, 6.45) is 13.4. The van der Waals surface area contributed by atoms with Crippen LogP contribution < -0.4 is 5.32 Å². The van der Waals surface area contributed by atoms with E-state index in [1.165, 1.54) is 43.3 Å². The maximum Gasteiger partial charge on any atom is 0.407 e. The van der Waals surface area contributed by atoms with E-state index in [9.17, 15) is 23.1 Å². The van der Waals surface area contributed by atoms with Crippen LogP contribution in [0.15, 0.2) is 42.5 Å². The Morgan fingerprint density at radius 3 is 2.30 bits per heavy atom. The van der Waals surface area contributed by atoms with Crippen molar-refractivity contribution in [3.8, 4) is 0 Å². The van der Waals surface area contributed by atoms with Gasteiger partial charge in [0.15, 0.2) is 9.84 Å². The number of allylic oxidation sites excluding steroid dienone is 3. The fraction of sp³-hybridized carbons (Fsp3) is 0.733. The van der Waals surface area contributed by atoms with E-state index in [2.05, 4.69) is 64.4 Å². The van der Waals surface area contributed by atoms with E-state index >= 15 is 0 Å². The van der Waals surface area contributed by atoms with Gasteiger partial charge in [-0.25, -0.2) is 18.0 Å². The molecular weight excluding hydrogens is 697 g/mol. The van der Waals surface area contributed by atoms with Gasteiger partial charge >= 0.3 is 12.1 Å². The molecule has 5 aliphatic carbocycles. The van der Waals surface area contributed by atoms with Crippen molar-refractivity contribution in [2.24, 2.45) is 56.7 Å². The van der Waals surface area contributed by atoms with Crippen LogP contribution in [0.25, 0.3) is 5.57 Å². The molecule has 5 fully saturated rings. The number of carbonyl (C=O) groups excluding carboxylic acids is 1. The van der Waals surface area contributed by atoms with E-state index in [1.54, 1.807) is 12.1 Å². The summed E-state index contributed by atoms with van der Waals surface area (Å²) in [5.41, 5.74) is 4.78. The van der Waals surface area contributed by atoms with Crippen molar-refractivity contribution in [1.29, 1.82) is 0 Å². The first kappa shape index (κ1) is 39.6. The molecule has 0 bridgehead atoms. The van der Waals surface area contributed by atoms with Gasteiger partial charge < -0.3 is 20.1 Å². The number of hydrogen-bond acceptors (Lipinski definition) is 6. The van der Waals surface area contributed by atoms with Crippen molar-refractivity contribution in [2.75, 3.05) is 44.3 Å². The summed E-state index contributed by atoms with van der Waals surface area (Å²) in [6.45, 7) is 22.4. The van der Waals surface area contributed by atoms with E-state index in [-0.39, 0.29) is 44.7 Å². The Morgan fingerprint density at radius 2 is 1.63 bits per heavy atom. The van der Waals surface area contributed by atoms with Crippen LogP contribution in [0, 0.1) is 56.7 Å². The second-order valence-electron chi connectivity index (χ2n) is 19.8. The Balaban J connectivity index is 1.06. The number of carboxylic acid groups (broad SMARTS) is 1. The normalized spacial score (nSPS) is 39.5. The molecule has 54 heavy (non-hydrogen) atoms. The summed E-state index contributed by atoms with van der Waals surface area (Å²) in [6, 6.07) is 7.52. The van der Waals surface area contributed by atoms with Crippen molar-refractivity contribution in [3.63, 3.8) is 0 Å². The minimum Gasteiger partial charge on any atom is -0.478 e. The van der Waals surface area contributed by atoms with Gasteiger partial charge in [-0.1, -0.05) is 65.0 Å². The van der Waals surface area contributed by atoms with Crippen LogP contribution in [0.5, 0.6) is 0 Å². The second kappa shape index (κ2) is 14.1. The molecule has 1 saturated heterocycles. The molecule has 1 aromatic carbocycles. The third kappa shape index (κ3) is 6.49. The first-order valence-electron chi connectivity index (χ1n) is 20.9. The fourth-order valence-electron chi connectivity index (χ4n) is 14.2. The first-order chi connectivity index (χ1) is 25.4. The van der Waals surface area contributed by atoms with Crippen molar-refractivity contribution >= 4 is 27.5 Å². The number of sulfone groups is 1. The molecule has 9 heteroatoms. The van der Waals surface area contributed by atoms with Crippen LogP contribution >= 0.6 is 0 Å². The van der Waals surface area contributed by atoms with Gasteiger partial charge in [0.1, 0.15) is 0 Å². The highest BCUT2D eigenvalue weighted by atomic mass is 32.2. The molecule has 0 aromatic heterocycles. The molecular formula is C45H66N2O6S. The van der Waals surface area contributed by atoms with E-state index in [0.29, 0.717) is 67.8 Å². The molecule has 4 saturated carbocycles. The van der Waals surface area contributed by atoms with Crippen LogP contribution in [-0.4, -0.2) is 74.8 Å². The van der Waals surface area contributed by atoms with Crippen LogP contribution in [-0.2, 0) is 14.6 Å². The van der Waals surface area contributed by atoms with Gasteiger partial charge in [-0.3, -0.25) is 0 Å². The number of hydrogen-bond donors (Lipinski definition) is 2. The number of benzene rings is 1. The average molecular weight is 763 g/mol. The van der Waals surface area contributed by atoms with Gasteiger partial charge in [0.05, 0.1) is 23.7 Å². The number of nitrogens with one attached hydrogen (secondary N) is 1. The highest BCUT2D eigenvalue weighted by molar-refractivity contribution is 7.91. The summed E-state index contributed by atoms with van der Waals surface area (Å²) >= 11 is 0. The number of aromatic carboxylic acids is 1. The molecule has 2 N–H and O–H groups in total. The molecule has 298 valence electrons. The van der Waals surface area contributed by atoms with Crippen molar-refractivity contribution in [2.45, 2.75) is 106 Å². The Hall–Kier alpha value is -2.65. The molecule has 0 radical (unpaired) electrons. The third-order valence-corrected chi connectivity index (χ3v) is 18.7. The predicted molar refractivity (Wildman–Crippen MR) is 215 cm³/mol. The summed E-state index contributed by atoms with van der Waals surface area (Å²) in [5, 5.41) is 12.8. The highest BCUT2D eigenvalue weighted by Gasteiger charge is 2.70. The number of amides is 1. The Kier molecular flexibility index (Phi) is 10.3. The number of nitrogens with zero attached hydrogens (tertiary/aromatic N) is 1. The summed E-state index contributed by atoms with van der Waals surface area (Å²) < 4.78 is 29.2. The van der Waals surface area contributed by atoms with Crippen LogP contribution in [0.1, 0.15) is 122 Å². The molecule has 1 aromatic rings. The number of ether oxygens (including phenoxy) is 1. The van der Waals surface area contributed by atoms with E-state index < -0.39 is 15.8 Å². The monoisotopic (exact) mass is 762 g/mol. The predicted octanol–water partition coefficient (Wildman–Crippen LogP) is 8.88. The van der Waals surface area contributed by atoms with Crippen LogP contribution in [0.2, 0.25) is 0 Å². The SMILES string of the molecule is C=C(C)C1CCC2(CNC(=O)OCCCN3CCS(=O)(=O)CC3)CCC3(C)C(CCC4C5(C)CC=C(c6ccc(C(=O)O)cc6)C(C)(C)C5CCC43C)C12. The Labute approximate surface area is 324 Å². The maximum absolute atomic E-state index is 13.1. The second-order valence-corrected chi connectivity index (χ2v) is 22.1. The topological polar surface area (TPSA) is 113 Å². The lowest BCUT2D eigenvalue weighted by Crippen LogP contribution is -2.66. The van der Waals surface area contributed by atoms with Gasteiger partial charge in [0.25, 0.3) is 0 Å². The zero-order valence-electron chi connectivity index (χ0n) is 33.8. The molecule has 1 aliphatic heterocycles. The lowest BCUT2D eigenvalue weighted by atomic mass is 9.32. The zero-order chi connectivity index (χ0) is 38.9. The number of carbonyl (C=O) groups is 2. The molecule has 1 amide bonds. The smallest absolute Gasteiger partial charge is 0.407 e. The fourth-order valence-corrected chi connectivity index (χ4v) is 15.5. The Bertz CT molecular complexity index is 1770. The van der Waals surface area contributed by atoms with Crippen LogP contribution in [0.4, 0.5) is 4.79 Å². The summed E-state index contributed by atoms with van der Waals surface area (Å²) in [4.78, 5) is 26.8. The van der Waals surface area contributed by atoms with Crippen molar-refractivity contribution in [1.82, 2.24) is 10.2 Å². The number of carboxylic acids is 1. The van der Waals surface area contributed by atoms with Crippen LogP contribution in [0.3, 0.4) is 0 Å². The maximum atomic E-state index is 13.1. The molecule has 9 atom stereocenters. The minimum atomic E-state index is -2.90. The quantitative estimate of drug-likeness (QED) is 0.191. The third-order valence-electron chi connectivity index (χ3n) is 17.1. The van der Waals surface area contributed by atoms with Gasteiger partial charge in [-0.05, 0) is 151 Å². The number of alkyl carbamates (subject to hydrolysis) is 1. The molecule has 6 aliphatic rings. The van der Waals surface area contributed by atoms with E-state index in [4.69, 9.17) is 4.74 Å². The van der Waals surface area contributed by atoms with Gasteiger partial charge in [0.2, 0.25) is 0 Å². The number of fused-ring (bicyclic) bond motifs is 7. The van der Waals surface area contributed by atoms with Crippen molar-refractivity contribution in [3.05, 3.63) is 53.6 Å². The average Bonchev–Trinajstić information content (AvgIpc) is 3.50. The summed E-state index contributed by atoms with van der Waals surface area (Å²) in [7, 11) is -2.90. The van der Waals surface area contributed by atoms with E-state index in [0.717, 1.165) is 37.8 Å². The highest BCUT2D eigenvalue weighted by Crippen LogP contribution is 2.77. The van der Waals surface area contributed by atoms with Gasteiger partial charge in [-0.15, -0.1) is 0 Å². The standard InChI is InChI=1S/C45H66N2O6S/c1-30(2)33-15-20-45(29-46-40(50)53-26-8-23-47-24-27-54(51,52)28-25-47)22-21-43(6)35(38(33)45)13-14-37-42(5)18-16-34(31-9-11-32(12-10-31)39(48)49)41(3,4)36(42)17-19-44(37,43)7/h9-12,16,33,35-38H,1,8,13-15,17-29H2,2-7H3,(H,46,50)(H,48,49). The molecule has 0 spiro atoms. The minimum absolute atomic E-state index is 0.0218. The molecule has 9 unspecified atom stereocenters. The first-order valence-corrected chi connectivity index (χ1v) is 22.7. The largest absolute Gasteiger partial charge is 0.478 e. The zero-order valence-corrected chi connectivity index (χ0v) is 34.7.